The Morgan fingerprint density at radius 1 is 1.26 bits per heavy atom. The summed E-state index contributed by atoms with van der Waals surface area (Å²) in [5, 5.41) is 9.07. The van der Waals surface area contributed by atoms with Crippen LogP contribution in [0.3, 0.4) is 0 Å². The summed E-state index contributed by atoms with van der Waals surface area (Å²) in [5.74, 6) is 0.379. The summed E-state index contributed by atoms with van der Waals surface area (Å²) < 4.78 is 36.0. The number of anilines is 1. The SMILES string of the molecule is CC(C)n1c(C23CC(F)(C2)C3)nc2c(F)cc(-c3nc(N)ncc3Cl)cc21.OC1CCCOC1. The van der Waals surface area contributed by atoms with Crippen molar-refractivity contribution in [2.45, 2.75) is 69.2 Å². The Kier molecular flexibility index (Phi) is 5.77. The minimum atomic E-state index is -1.05. The largest absolute Gasteiger partial charge is 0.391 e. The van der Waals surface area contributed by atoms with Crippen molar-refractivity contribution in [2.75, 3.05) is 18.9 Å². The molecule has 1 saturated heterocycles. The summed E-state index contributed by atoms with van der Waals surface area (Å²) in [4.78, 5) is 12.6. The molecule has 1 aromatic carbocycles. The number of nitrogen functional groups attached to an aromatic ring is 1. The van der Waals surface area contributed by atoms with Crippen LogP contribution in [0.2, 0.25) is 5.02 Å². The number of hydrogen-bond donors (Lipinski definition) is 2. The second kappa shape index (κ2) is 8.39. The quantitative estimate of drug-likeness (QED) is 0.548. The van der Waals surface area contributed by atoms with Crippen molar-refractivity contribution < 1.29 is 18.6 Å². The first kappa shape index (κ1) is 23.4. The molecule has 3 aliphatic carbocycles. The van der Waals surface area contributed by atoms with Gasteiger partial charge in [-0.2, -0.15) is 0 Å². The van der Waals surface area contributed by atoms with Gasteiger partial charge >= 0.3 is 0 Å². The van der Waals surface area contributed by atoms with Gasteiger partial charge in [-0.05, 0) is 58.1 Å². The molecule has 34 heavy (non-hydrogen) atoms. The van der Waals surface area contributed by atoms with E-state index in [0.29, 0.717) is 48.2 Å². The average molecular weight is 492 g/mol. The predicted molar refractivity (Wildman–Crippen MR) is 126 cm³/mol. The fourth-order valence-corrected chi connectivity index (χ4v) is 5.59. The highest BCUT2D eigenvalue weighted by atomic mass is 35.5. The molecule has 1 atom stereocenters. The zero-order valence-corrected chi connectivity index (χ0v) is 19.9. The molecule has 7 nitrogen and oxygen atoms in total. The van der Waals surface area contributed by atoms with Crippen LogP contribution in [-0.2, 0) is 10.2 Å². The number of imidazole rings is 1. The maximum atomic E-state index is 15.0. The van der Waals surface area contributed by atoms with Gasteiger partial charge in [0, 0.05) is 23.6 Å². The lowest BCUT2D eigenvalue weighted by molar-refractivity contribution is -0.163. The zero-order chi connectivity index (χ0) is 24.3. The van der Waals surface area contributed by atoms with Gasteiger partial charge in [-0.25, -0.2) is 23.7 Å². The Morgan fingerprint density at radius 3 is 2.56 bits per heavy atom. The third-order valence-corrected chi connectivity index (χ3v) is 7.15. The van der Waals surface area contributed by atoms with Gasteiger partial charge in [-0.3, -0.25) is 0 Å². The van der Waals surface area contributed by atoms with E-state index in [9.17, 15) is 8.78 Å². The lowest BCUT2D eigenvalue weighted by atomic mass is 9.42. The van der Waals surface area contributed by atoms with Gasteiger partial charge in [0.05, 0.1) is 35.1 Å². The van der Waals surface area contributed by atoms with E-state index in [1.54, 1.807) is 0 Å². The van der Waals surface area contributed by atoms with Crippen LogP contribution < -0.4 is 5.73 Å². The fraction of sp³-hybridized carbons (Fsp3) is 0.542. The number of hydrogen-bond acceptors (Lipinski definition) is 6. The van der Waals surface area contributed by atoms with Crippen LogP contribution >= 0.6 is 11.6 Å². The Morgan fingerprint density at radius 2 is 2.00 bits per heavy atom. The van der Waals surface area contributed by atoms with Crippen molar-refractivity contribution in [3.8, 4) is 11.3 Å². The van der Waals surface area contributed by atoms with Crippen LogP contribution in [0.1, 0.15) is 57.8 Å². The van der Waals surface area contributed by atoms with E-state index in [4.69, 9.17) is 27.2 Å². The molecule has 3 aromatic rings. The monoisotopic (exact) mass is 491 g/mol. The highest BCUT2D eigenvalue weighted by Crippen LogP contribution is 2.70. The highest BCUT2D eigenvalue weighted by molar-refractivity contribution is 6.33. The molecule has 3 N–H and O–H groups in total. The molecule has 4 fully saturated rings. The lowest BCUT2D eigenvalue weighted by Gasteiger charge is -2.65. The Hall–Kier alpha value is -2.36. The molecule has 2 aromatic heterocycles. The third-order valence-electron chi connectivity index (χ3n) is 6.88. The topological polar surface area (TPSA) is 99.1 Å². The first-order valence-corrected chi connectivity index (χ1v) is 11.9. The molecule has 0 spiro atoms. The number of aliphatic hydroxyl groups is 1. The maximum absolute atomic E-state index is 15.0. The second-order valence-corrected chi connectivity index (χ2v) is 10.4. The fourth-order valence-electron chi connectivity index (χ4n) is 5.39. The molecule has 0 radical (unpaired) electrons. The molecular weight excluding hydrogens is 464 g/mol. The van der Waals surface area contributed by atoms with Gasteiger partial charge in [0.25, 0.3) is 0 Å². The number of nitrogens with two attached hydrogens (primary N) is 1. The number of alkyl halides is 1. The van der Waals surface area contributed by atoms with E-state index in [1.165, 1.54) is 12.3 Å². The van der Waals surface area contributed by atoms with E-state index < -0.39 is 11.5 Å². The summed E-state index contributed by atoms with van der Waals surface area (Å²) in [7, 11) is 0. The molecule has 0 amide bonds. The Balaban J connectivity index is 0.000000297. The summed E-state index contributed by atoms with van der Waals surface area (Å²) in [5.41, 5.74) is 6.18. The number of ether oxygens (including phenoxy) is 1. The number of halogens is 3. The smallest absolute Gasteiger partial charge is 0.220 e. The van der Waals surface area contributed by atoms with E-state index in [0.717, 1.165) is 25.3 Å². The van der Waals surface area contributed by atoms with Crippen molar-refractivity contribution in [1.29, 1.82) is 0 Å². The molecular formula is C24H28ClF2N5O2. The van der Waals surface area contributed by atoms with Crippen LogP contribution in [-0.4, -0.2) is 49.6 Å². The van der Waals surface area contributed by atoms with Gasteiger partial charge in [0.2, 0.25) is 5.95 Å². The van der Waals surface area contributed by atoms with Crippen molar-refractivity contribution >= 4 is 28.6 Å². The molecule has 10 heteroatoms. The van der Waals surface area contributed by atoms with E-state index in [-0.39, 0.29) is 28.5 Å². The Labute approximate surface area is 201 Å². The van der Waals surface area contributed by atoms with Crippen LogP contribution in [0, 0.1) is 5.82 Å². The molecule has 3 saturated carbocycles. The first-order chi connectivity index (χ1) is 16.1. The van der Waals surface area contributed by atoms with Gasteiger partial charge in [0.15, 0.2) is 5.82 Å². The van der Waals surface area contributed by atoms with Gasteiger partial charge in [-0.15, -0.1) is 0 Å². The molecule has 4 aliphatic rings. The van der Waals surface area contributed by atoms with E-state index in [2.05, 4.69) is 15.0 Å². The molecule has 7 rings (SSSR count). The molecule has 182 valence electrons. The van der Waals surface area contributed by atoms with Gasteiger partial charge in [-0.1, -0.05) is 11.6 Å². The van der Waals surface area contributed by atoms with Gasteiger partial charge < -0.3 is 20.1 Å². The van der Waals surface area contributed by atoms with Crippen LogP contribution in [0.4, 0.5) is 14.7 Å². The van der Waals surface area contributed by atoms with Crippen molar-refractivity contribution in [3.05, 3.63) is 35.0 Å². The minimum Gasteiger partial charge on any atom is -0.391 e. The first-order valence-electron chi connectivity index (χ1n) is 11.6. The number of rotatable bonds is 3. The Bertz CT molecular complexity index is 1220. The highest BCUT2D eigenvalue weighted by Gasteiger charge is 2.71. The minimum absolute atomic E-state index is 0.0511. The van der Waals surface area contributed by atoms with Crippen molar-refractivity contribution in [1.82, 2.24) is 19.5 Å². The second-order valence-electron chi connectivity index (χ2n) is 9.98. The summed E-state index contributed by atoms with van der Waals surface area (Å²) in [6.45, 7) is 5.40. The normalized spacial score (nSPS) is 27.7. The number of aliphatic hydroxyl groups excluding tert-OH is 1. The number of fused-ring (bicyclic) bond motifs is 1. The van der Waals surface area contributed by atoms with Gasteiger partial charge in [0.1, 0.15) is 17.0 Å². The number of benzene rings is 1. The number of aromatic nitrogens is 4. The van der Waals surface area contributed by atoms with Crippen LogP contribution in [0.15, 0.2) is 18.3 Å². The molecule has 2 bridgehead atoms. The molecule has 1 aliphatic heterocycles. The zero-order valence-electron chi connectivity index (χ0n) is 19.2. The summed E-state index contributed by atoms with van der Waals surface area (Å²) >= 11 is 6.20. The van der Waals surface area contributed by atoms with Crippen LogP contribution in [0.5, 0.6) is 0 Å². The van der Waals surface area contributed by atoms with Crippen molar-refractivity contribution in [2.24, 2.45) is 0 Å². The van der Waals surface area contributed by atoms with Crippen LogP contribution in [0.25, 0.3) is 22.3 Å². The molecule has 1 unspecified atom stereocenters. The average Bonchev–Trinajstić information content (AvgIpc) is 3.14. The van der Waals surface area contributed by atoms with E-state index >= 15 is 0 Å². The third kappa shape index (κ3) is 3.93. The van der Waals surface area contributed by atoms with E-state index in [1.807, 2.05) is 24.5 Å². The predicted octanol–water partition coefficient (Wildman–Crippen LogP) is 4.75. The summed E-state index contributed by atoms with van der Waals surface area (Å²) in [6.07, 6.45) is 4.56. The van der Waals surface area contributed by atoms with Crippen molar-refractivity contribution in [3.63, 3.8) is 0 Å². The number of nitrogens with zero attached hydrogens (tertiary/aromatic N) is 4. The summed E-state index contributed by atoms with van der Waals surface area (Å²) in [6, 6.07) is 3.23. The lowest BCUT2D eigenvalue weighted by Crippen LogP contribution is -2.67. The maximum Gasteiger partial charge on any atom is 0.220 e. The molecule has 3 heterocycles. The standard InChI is InChI=1S/C19H18ClF2N5.C5H10O2/c1-9(2)27-13-4-10(14-11(20)5-24-17(23)26-14)3-12(21)15(13)25-16(27)18-6-19(22,7-18)8-18;6-5-2-1-3-7-4-5/h3-5,9H,6-8H2,1-2H3,(H2,23,24,26);5-6H,1-4H2.